The summed E-state index contributed by atoms with van der Waals surface area (Å²) in [4.78, 5) is 28.3. The van der Waals surface area contributed by atoms with Crippen molar-refractivity contribution >= 4 is 33.5 Å². The first-order valence-corrected chi connectivity index (χ1v) is 11.9. The van der Waals surface area contributed by atoms with Gasteiger partial charge in [-0.05, 0) is 35.9 Å². The number of hydrogen-bond acceptors (Lipinski definition) is 6. The van der Waals surface area contributed by atoms with E-state index in [2.05, 4.69) is 35.5 Å². The molecule has 1 amide bonds. The van der Waals surface area contributed by atoms with E-state index in [0.717, 1.165) is 44.4 Å². The third kappa shape index (κ3) is 4.21. The molecule has 0 aliphatic carbocycles. The molecule has 10 heteroatoms. The van der Waals surface area contributed by atoms with Gasteiger partial charge in [-0.3, -0.25) is 19.9 Å². The van der Waals surface area contributed by atoms with Crippen molar-refractivity contribution in [1.82, 2.24) is 30.1 Å². The average molecular weight is 508 g/mol. The van der Waals surface area contributed by atoms with E-state index in [-0.39, 0.29) is 5.91 Å². The van der Waals surface area contributed by atoms with Crippen LogP contribution in [0, 0.1) is 5.82 Å². The lowest BCUT2D eigenvalue weighted by Crippen LogP contribution is -2.09. The van der Waals surface area contributed by atoms with E-state index in [1.165, 1.54) is 19.2 Å². The number of H-pyrrole nitrogens is 2. The fraction of sp³-hybridized carbons (Fsp3) is 0.107. The Morgan fingerprint density at radius 2 is 1.79 bits per heavy atom. The standard InChI is InChI=1S/C28H22FN7O2/c1-3-26(37)33-19-5-16(10-30-12-19)17-7-22-27(35-36-28(22)32-11-17)24-9-21-23(13-31-14-25(21)34-24)15-4-18(29)8-20(6-15)38-2/h4-14,34H,3H2,1-2H3,(H,33,37)(H,32,35,36). The van der Waals surface area contributed by atoms with Gasteiger partial charge in [-0.1, -0.05) is 6.92 Å². The van der Waals surface area contributed by atoms with Gasteiger partial charge in [0.2, 0.25) is 5.91 Å². The van der Waals surface area contributed by atoms with Crippen LogP contribution in [0.3, 0.4) is 0 Å². The Morgan fingerprint density at radius 3 is 2.63 bits per heavy atom. The molecule has 0 spiro atoms. The number of carbonyl (C=O) groups excluding carboxylic acids is 1. The number of rotatable bonds is 6. The molecule has 0 saturated heterocycles. The predicted octanol–water partition coefficient (Wildman–Crippen LogP) is 5.73. The highest BCUT2D eigenvalue weighted by Gasteiger charge is 2.16. The zero-order valence-electron chi connectivity index (χ0n) is 20.5. The summed E-state index contributed by atoms with van der Waals surface area (Å²) in [6.07, 6.45) is 8.86. The summed E-state index contributed by atoms with van der Waals surface area (Å²) in [5, 5.41) is 12.0. The molecule has 38 heavy (non-hydrogen) atoms. The molecule has 5 aromatic heterocycles. The van der Waals surface area contributed by atoms with E-state index < -0.39 is 5.82 Å². The molecule has 6 aromatic rings. The van der Waals surface area contributed by atoms with Gasteiger partial charge in [0.1, 0.15) is 11.6 Å². The fourth-order valence-corrected chi connectivity index (χ4v) is 4.43. The van der Waals surface area contributed by atoms with Crippen LogP contribution >= 0.6 is 0 Å². The minimum absolute atomic E-state index is 0.0843. The minimum Gasteiger partial charge on any atom is -0.497 e. The zero-order chi connectivity index (χ0) is 26.2. The predicted molar refractivity (Wildman–Crippen MR) is 143 cm³/mol. The van der Waals surface area contributed by atoms with Crippen LogP contribution < -0.4 is 10.1 Å². The van der Waals surface area contributed by atoms with Crippen molar-refractivity contribution in [2.24, 2.45) is 0 Å². The number of benzene rings is 1. The number of carbonyl (C=O) groups is 1. The summed E-state index contributed by atoms with van der Waals surface area (Å²) in [7, 11) is 1.50. The molecule has 0 atom stereocenters. The molecule has 3 N–H and O–H groups in total. The SMILES string of the molecule is CCC(=O)Nc1cncc(-c2cnc3n[nH]c(-c4cc5c(-c6cc(F)cc(OC)c6)cncc5[nH]4)c3c2)c1. The Morgan fingerprint density at radius 1 is 0.947 bits per heavy atom. The Hall–Kier alpha value is -5.12. The number of ether oxygens (including phenoxy) is 1. The number of fused-ring (bicyclic) bond motifs is 2. The minimum atomic E-state index is -0.391. The van der Waals surface area contributed by atoms with Gasteiger partial charge in [-0.25, -0.2) is 9.37 Å². The van der Waals surface area contributed by atoms with Gasteiger partial charge in [-0.15, -0.1) is 0 Å². The fourth-order valence-electron chi connectivity index (χ4n) is 4.43. The van der Waals surface area contributed by atoms with Crippen molar-refractivity contribution < 1.29 is 13.9 Å². The van der Waals surface area contributed by atoms with Gasteiger partial charge < -0.3 is 15.0 Å². The maximum absolute atomic E-state index is 14.2. The van der Waals surface area contributed by atoms with Gasteiger partial charge in [-0.2, -0.15) is 5.10 Å². The quantitative estimate of drug-likeness (QED) is 0.265. The van der Waals surface area contributed by atoms with Crippen LogP contribution in [-0.2, 0) is 4.79 Å². The topological polar surface area (TPSA) is 121 Å². The lowest BCUT2D eigenvalue weighted by atomic mass is 10.0. The van der Waals surface area contributed by atoms with E-state index in [0.29, 0.717) is 29.1 Å². The smallest absolute Gasteiger partial charge is 0.224 e. The molecule has 6 rings (SSSR count). The summed E-state index contributed by atoms with van der Waals surface area (Å²) in [5.41, 5.74) is 6.54. The second kappa shape index (κ2) is 9.40. The molecule has 188 valence electrons. The van der Waals surface area contributed by atoms with Crippen molar-refractivity contribution in [1.29, 1.82) is 0 Å². The zero-order valence-corrected chi connectivity index (χ0v) is 20.5. The third-order valence-electron chi connectivity index (χ3n) is 6.32. The van der Waals surface area contributed by atoms with Crippen molar-refractivity contribution in [3.8, 4) is 39.4 Å². The summed E-state index contributed by atoms with van der Waals surface area (Å²) in [6, 6.07) is 10.4. The van der Waals surface area contributed by atoms with E-state index >= 15 is 0 Å². The number of anilines is 1. The number of nitrogens with zero attached hydrogens (tertiary/aromatic N) is 4. The number of pyridine rings is 3. The Bertz CT molecular complexity index is 1830. The van der Waals surface area contributed by atoms with Gasteiger partial charge in [0, 0.05) is 58.5 Å². The molecular formula is C28H22FN7O2. The molecule has 9 nitrogen and oxygen atoms in total. The second-order valence-corrected chi connectivity index (χ2v) is 8.77. The van der Waals surface area contributed by atoms with Gasteiger partial charge in [0.15, 0.2) is 5.65 Å². The maximum atomic E-state index is 14.2. The van der Waals surface area contributed by atoms with Crippen LogP contribution in [0.2, 0.25) is 0 Å². The summed E-state index contributed by atoms with van der Waals surface area (Å²) < 4.78 is 19.5. The molecule has 1 aromatic carbocycles. The molecule has 0 aliphatic rings. The van der Waals surface area contributed by atoms with Crippen LogP contribution in [0.15, 0.2) is 67.4 Å². The molecule has 0 aliphatic heterocycles. The molecule has 0 radical (unpaired) electrons. The lowest BCUT2D eigenvalue weighted by molar-refractivity contribution is -0.115. The molecular weight excluding hydrogens is 485 g/mol. The van der Waals surface area contributed by atoms with Gasteiger partial charge in [0.05, 0.1) is 42.1 Å². The normalized spacial score (nSPS) is 11.2. The number of aromatic nitrogens is 6. The average Bonchev–Trinajstić information content (AvgIpc) is 3.56. The monoisotopic (exact) mass is 507 g/mol. The molecule has 5 heterocycles. The van der Waals surface area contributed by atoms with E-state index in [1.807, 2.05) is 18.2 Å². The summed E-state index contributed by atoms with van der Waals surface area (Å²) >= 11 is 0. The second-order valence-electron chi connectivity index (χ2n) is 8.77. The van der Waals surface area contributed by atoms with Crippen molar-refractivity contribution in [3.05, 3.63) is 73.2 Å². The first-order valence-electron chi connectivity index (χ1n) is 11.9. The van der Waals surface area contributed by atoms with Gasteiger partial charge in [0.25, 0.3) is 0 Å². The van der Waals surface area contributed by atoms with Crippen molar-refractivity contribution in [2.45, 2.75) is 13.3 Å². The highest BCUT2D eigenvalue weighted by molar-refractivity contribution is 6.01. The molecule has 0 saturated carbocycles. The van der Waals surface area contributed by atoms with E-state index in [4.69, 9.17) is 4.74 Å². The van der Waals surface area contributed by atoms with E-state index in [1.54, 1.807) is 44.0 Å². The van der Waals surface area contributed by atoms with Crippen LogP contribution in [0.25, 0.3) is 55.6 Å². The first kappa shape index (κ1) is 23.3. The van der Waals surface area contributed by atoms with Crippen molar-refractivity contribution in [2.75, 3.05) is 12.4 Å². The largest absolute Gasteiger partial charge is 0.497 e. The number of hydrogen-bond donors (Lipinski definition) is 3. The number of amides is 1. The lowest BCUT2D eigenvalue weighted by Gasteiger charge is -2.06. The van der Waals surface area contributed by atoms with Crippen molar-refractivity contribution in [3.63, 3.8) is 0 Å². The van der Waals surface area contributed by atoms with Gasteiger partial charge >= 0.3 is 0 Å². The summed E-state index contributed by atoms with van der Waals surface area (Å²) in [5.74, 6) is -0.0455. The first-order chi connectivity index (χ1) is 18.5. The Kier molecular flexibility index (Phi) is 5.76. The van der Waals surface area contributed by atoms with Crippen LogP contribution in [0.5, 0.6) is 5.75 Å². The molecule has 0 unspecified atom stereocenters. The number of aromatic amines is 2. The number of nitrogens with one attached hydrogen (secondary N) is 3. The van der Waals surface area contributed by atoms with Crippen LogP contribution in [0.4, 0.5) is 10.1 Å². The highest BCUT2D eigenvalue weighted by atomic mass is 19.1. The number of halogens is 1. The van der Waals surface area contributed by atoms with Crippen LogP contribution in [-0.4, -0.2) is 43.2 Å². The molecule has 0 bridgehead atoms. The Balaban J connectivity index is 1.43. The molecule has 0 fully saturated rings. The van der Waals surface area contributed by atoms with E-state index in [9.17, 15) is 9.18 Å². The van der Waals surface area contributed by atoms with Crippen LogP contribution in [0.1, 0.15) is 13.3 Å². The third-order valence-corrected chi connectivity index (χ3v) is 6.32. The highest BCUT2D eigenvalue weighted by Crippen LogP contribution is 2.35. The Labute approximate surface area is 216 Å². The maximum Gasteiger partial charge on any atom is 0.224 e. The summed E-state index contributed by atoms with van der Waals surface area (Å²) in [6.45, 7) is 1.79. The number of methoxy groups -OCH3 is 1.